The molecule has 0 fully saturated rings. The van der Waals surface area contributed by atoms with Crippen molar-refractivity contribution in [1.29, 1.82) is 0 Å². The summed E-state index contributed by atoms with van der Waals surface area (Å²) >= 11 is 3.40. The van der Waals surface area contributed by atoms with Crippen molar-refractivity contribution in [1.82, 2.24) is 10.2 Å². The maximum atomic E-state index is 13.9. The van der Waals surface area contributed by atoms with E-state index in [0.717, 1.165) is 22.7 Å². The Kier molecular flexibility index (Phi) is 10.9. The first-order valence-electron chi connectivity index (χ1n) is 12.7. The molecule has 208 valence electrons. The summed E-state index contributed by atoms with van der Waals surface area (Å²) < 4.78 is 34.5. The number of hydrogen-bond donors (Lipinski definition) is 1. The number of anilines is 1. The Morgan fingerprint density at radius 2 is 1.69 bits per heavy atom. The highest BCUT2D eigenvalue weighted by Crippen LogP contribution is 2.27. The van der Waals surface area contributed by atoms with Gasteiger partial charge in [-0.1, -0.05) is 65.7 Å². The molecule has 0 unspecified atom stereocenters. The highest BCUT2D eigenvalue weighted by atomic mass is 79.9. The Morgan fingerprint density at radius 1 is 1.00 bits per heavy atom. The smallest absolute Gasteiger partial charge is 0.264 e. The van der Waals surface area contributed by atoms with E-state index < -0.39 is 28.5 Å². The van der Waals surface area contributed by atoms with Gasteiger partial charge in [0.1, 0.15) is 18.3 Å². The number of rotatable bonds is 13. The van der Waals surface area contributed by atoms with Crippen molar-refractivity contribution in [2.75, 3.05) is 24.5 Å². The van der Waals surface area contributed by atoms with Crippen molar-refractivity contribution in [2.24, 2.45) is 0 Å². The summed E-state index contributed by atoms with van der Waals surface area (Å²) in [6.07, 6.45) is 1.74. The minimum atomic E-state index is -4.10. The van der Waals surface area contributed by atoms with E-state index in [9.17, 15) is 18.0 Å². The lowest BCUT2D eigenvalue weighted by atomic mass is 10.1. The lowest BCUT2D eigenvalue weighted by Gasteiger charge is -2.32. The van der Waals surface area contributed by atoms with Crippen LogP contribution in [0.4, 0.5) is 5.69 Å². The van der Waals surface area contributed by atoms with Crippen LogP contribution in [0.15, 0.2) is 88.2 Å². The summed E-state index contributed by atoms with van der Waals surface area (Å²) in [5.41, 5.74) is 1.10. The van der Waals surface area contributed by atoms with Crippen LogP contribution in [0, 0.1) is 0 Å². The Bertz CT molecular complexity index is 1350. The van der Waals surface area contributed by atoms with Crippen LogP contribution in [0.1, 0.15) is 32.3 Å². The van der Waals surface area contributed by atoms with E-state index in [1.807, 2.05) is 19.1 Å². The van der Waals surface area contributed by atoms with Gasteiger partial charge in [0.05, 0.1) is 17.7 Å². The van der Waals surface area contributed by atoms with Gasteiger partial charge in [-0.3, -0.25) is 13.9 Å². The van der Waals surface area contributed by atoms with Crippen LogP contribution in [-0.2, 0) is 26.2 Å². The molecule has 10 heteroatoms. The van der Waals surface area contributed by atoms with E-state index in [-0.39, 0.29) is 17.3 Å². The van der Waals surface area contributed by atoms with Crippen LogP contribution in [0.2, 0.25) is 0 Å². The Balaban J connectivity index is 1.98. The second-order valence-corrected chi connectivity index (χ2v) is 11.8. The van der Waals surface area contributed by atoms with Crippen molar-refractivity contribution in [2.45, 2.75) is 44.2 Å². The maximum Gasteiger partial charge on any atom is 0.264 e. The molecule has 0 radical (unpaired) electrons. The van der Waals surface area contributed by atoms with Gasteiger partial charge in [0, 0.05) is 17.6 Å². The Morgan fingerprint density at radius 3 is 2.31 bits per heavy atom. The zero-order valence-electron chi connectivity index (χ0n) is 22.3. The predicted octanol–water partition coefficient (Wildman–Crippen LogP) is 4.99. The molecule has 1 N–H and O–H groups in total. The number of unbranched alkanes of at least 4 members (excludes halogenated alkanes) is 1. The number of halogens is 1. The molecule has 3 aromatic rings. The molecule has 1 atom stereocenters. The minimum Gasteiger partial charge on any atom is -0.497 e. The molecule has 0 aliphatic rings. The average Bonchev–Trinajstić information content (AvgIpc) is 2.94. The molecule has 8 nitrogen and oxygen atoms in total. The van der Waals surface area contributed by atoms with Gasteiger partial charge in [-0.05, 0) is 61.4 Å². The fraction of sp³-hybridized carbons (Fsp3) is 0.310. The van der Waals surface area contributed by atoms with Crippen LogP contribution < -0.4 is 14.4 Å². The van der Waals surface area contributed by atoms with E-state index in [1.165, 1.54) is 17.0 Å². The largest absolute Gasteiger partial charge is 0.497 e. The van der Waals surface area contributed by atoms with E-state index in [0.29, 0.717) is 22.5 Å². The Hall–Kier alpha value is -3.37. The number of benzene rings is 3. The Labute approximate surface area is 239 Å². The van der Waals surface area contributed by atoms with Crippen molar-refractivity contribution >= 4 is 43.5 Å². The van der Waals surface area contributed by atoms with Gasteiger partial charge in [0.25, 0.3) is 10.0 Å². The molecular weight excluding hydrogens is 582 g/mol. The molecular formula is C29H34BrN3O5S. The number of sulfonamides is 1. The molecule has 0 heterocycles. The topological polar surface area (TPSA) is 96.0 Å². The zero-order valence-corrected chi connectivity index (χ0v) is 24.7. The summed E-state index contributed by atoms with van der Waals surface area (Å²) in [5.74, 6) is -0.148. The summed E-state index contributed by atoms with van der Waals surface area (Å²) in [4.78, 5) is 28.4. The quantitative estimate of drug-likeness (QED) is 0.273. The zero-order chi connectivity index (χ0) is 28.4. The number of nitrogens with zero attached hydrogens (tertiary/aromatic N) is 2. The molecule has 39 heavy (non-hydrogen) atoms. The van der Waals surface area contributed by atoms with Crippen LogP contribution in [0.25, 0.3) is 0 Å². The van der Waals surface area contributed by atoms with Crippen LogP contribution in [0.3, 0.4) is 0 Å². The third-order valence-corrected chi connectivity index (χ3v) is 8.50. The number of carbonyl (C=O) groups excluding carboxylic acids is 2. The van der Waals surface area contributed by atoms with Gasteiger partial charge in [0.2, 0.25) is 11.8 Å². The molecule has 0 aliphatic heterocycles. The van der Waals surface area contributed by atoms with Crippen molar-refractivity contribution in [3.05, 3.63) is 88.9 Å². The second-order valence-electron chi connectivity index (χ2n) is 8.99. The number of nitrogens with one attached hydrogen (secondary N) is 1. The predicted molar refractivity (Wildman–Crippen MR) is 156 cm³/mol. The van der Waals surface area contributed by atoms with Gasteiger partial charge in [-0.2, -0.15) is 0 Å². The summed E-state index contributed by atoms with van der Waals surface area (Å²) in [6, 6.07) is 21.1. The average molecular weight is 617 g/mol. The van der Waals surface area contributed by atoms with E-state index >= 15 is 0 Å². The minimum absolute atomic E-state index is 0.0600. The lowest BCUT2D eigenvalue weighted by molar-refractivity contribution is -0.139. The third kappa shape index (κ3) is 8.06. The van der Waals surface area contributed by atoms with Crippen LogP contribution in [-0.4, -0.2) is 51.4 Å². The van der Waals surface area contributed by atoms with Crippen molar-refractivity contribution in [3.63, 3.8) is 0 Å². The highest BCUT2D eigenvalue weighted by molar-refractivity contribution is 9.10. The molecule has 2 amide bonds. The van der Waals surface area contributed by atoms with Gasteiger partial charge in [-0.25, -0.2) is 8.42 Å². The summed E-state index contributed by atoms with van der Waals surface area (Å²) in [5, 5.41) is 2.88. The highest BCUT2D eigenvalue weighted by Gasteiger charge is 2.32. The molecule has 0 bridgehead atoms. The van der Waals surface area contributed by atoms with Gasteiger partial charge in [-0.15, -0.1) is 0 Å². The summed E-state index contributed by atoms with van der Waals surface area (Å²) in [6.45, 7) is 3.80. The number of carbonyl (C=O) groups is 2. The molecule has 0 spiro atoms. The lowest BCUT2D eigenvalue weighted by Crippen LogP contribution is -2.51. The summed E-state index contributed by atoms with van der Waals surface area (Å²) in [7, 11) is -2.53. The van der Waals surface area contributed by atoms with Crippen LogP contribution >= 0.6 is 15.9 Å². The number of amides is 2. The van der Waals surface area contributed by atoms with Crippen molar-refractivity contribution in [3.8, 4) is 5.75 Å². The standard InChI is InChI=1S/C29H34BrN3O5S/c1-4-5-18-31-29(35)22(2)32(20-23-14-16-26(38-3)17-15-23)28(34)21-33(25-11-9-10-24(30)19-25)39(36,37)27-12-7-6-8-13-27/h6-17,19,22H,4-5,18,20-21H2,1-3H3,(H,31,35)/t22-/m0/s1. The first-order valence-corrected chi connectivity index (χ1v) is 14.9. The number of hydrogen-bond acceptors (Lipinski definition) is 5. The molecule has 0 aromatic heterocycles. The van der Waals surface area contributed by atoms with Gasteiger partial charge < -0.3 is 15.0 Å². The fourth-order valence-electron chi connectivity index (χ4n) is 3.93. The first kappa shape index (κ1) is 30.2. The molecule has 0 saturated carbocycles. The number of ether oxygens (including phenoxy) is 1. The maximum absolute atomic E-state index is 13.9. The van der Waals surface area contributed by atoms with E-state index in [1.54, 1.807) is 68.6 Å². The third-order valence-electron chi connectivity index (χ3n) is 6.22. The van der Waals surface area contributed by atoms with Gasteiger partial charge in [0.15, 0.2) is 0 Å². The number of methoxy groups -OCH3 is 1. The van der Waals surface area contributed by atoms with Crippen LogP contribution in [0.5, 0.6) is 5.75 Å². The molecule has 0 saturated heterocycles. The second kappa shape index (κ2) is 14.1. The van der Waals surface area contributed by atoms with Crippen molar-refractivity contribution < 1.29 is 22.7 Å². The fourth-order valence-corrected chi connectivity index (χ4v) is 5.74. The van der Waals surface area contributed by atoms with Gasteiger partial charge >= 0.3 is 0 Å². The molecule has 0 aliphatic carbocycles. The first-order chi connectivity index (χ1) is 18.7. The normalized spacial score (nSPS) is 11.9. The molecule has 3 rings (SSSR count). The van der Waals surface area contributed by atoms with E-state index in [2.05, 4.69) is 21.2 Å². The van der Waals surface area contributed by atoms with E-state index in [4.69, 9.17) is 4.74 Å². The molecule has 3 aromatic carbocycles. The SMILES string of the molecule is CCCCNC(=O)[C@H](C)N(Cc1ccc(OC)cc1)C(=O)CN(c1cccc(Br)c1)S(=O)(=O)c1ccccc1. The monoisotopic (exact) mass is 615 g/mol.